The number of fused-ring (bicyclic) bond motifs is 3. The van der Waals surface area contributed by atoms with Gasteiger partial charge in [0.2, 0.25) is 0 Å². The molecule has 2 aromatic rings. The zero-order chi connectivity index (χ0) is 22.8. The molecule has 0 radical (unpaired) electrons. The van der Waals surface area contributed by atoms with E-state index in [9.17, 15) is 9.18 Å². The maximum Gasteiger partial charge on any atom is 0.300 e. The van der Waals surface area contributed by atoms with Gasteiger partial charge in [-0.3, -0.25) is 9.59 Å². The topological polar surface area (TPSA) is 103 Å². The highest BCUT2D eigenvalue weighted by molar-refractivity contribution is 6.10. The number of nitrogens with one attached hydrogen (secondary N) is 2. The number of amidine groups is 1. The second kappa shape index (κ2) is 8.86. The Bertz CT molecular complexity index is 1060. The van der Waals surface area contributed by atoms with E-state index < -0.39 is 5.97 Å². The summed E-state index contributed by atoms with van der Waals surface area (Å²) in [6.45, 7) is 3.22. The van der Waals surface area contributed by atoms with E-state index in [1.165, 1.54) is 18.6 Å². The molecule has 0 aromatic heterocycles. The number of hydrogen-bond acceptors (Lipinski definition) is 6. The summed E-state index contributed by atoms with van der Waals surface area (Å²) in [5.41, 5.74) is 6.20. The maximum atomic E-state index is 13.4. The molecule has 2 aromatic carbocycles. The van der Waals surface area contributed by atoms with Crippen LogP contribution in [0.15, 0.2) is 41.5 Å². The van der Waals surface area contributed by atoms with E-state index in [4.69, 9.17) is 14.6 Å². The molecule has 2 heterocycles. The van der Waals surface area contributed by atoms with Gasteiger partial charge in [0, 0.05) is 24.2 Å². The number of hydrazone groups is 1. The lowest BCUT2D eigenvalue weighted by molar-refractivity contribution is -0.134. The van der Waals surface area contributed by atoms with Crippen LogP contribution in [0.2, 0.25) is 0 Å². The smallest absolute Gasteiger partial charge is 0.300 e. The maximum absolute atomic E-state index is 13.4. The Balaban J connectivity index is 0.000000567. The summed E-state index contributed by atoms with van der Waals surface area (Å²) in [5, 5.41) is 15.2. The van der Waals surface area contributed by atoms with Crippen molar-refractivity contribution in [2.45, 2.75) is 45.2 Å². The molecule has 3 N–H and O–H groups in total. The summed E-state index contributed by atoms with van der Waals surface area (Å²) in [5.74, 6) is 0.135. The molecule has 168 valence electrons. The first-order valence-corrected chi connectivity index (χ1v) is 10.5. The van der Waals surface area contributed by atoms with Crippen LogP contribution in [0.4, 0.5) is 15.8 Å². The molecular formula is C23H25FN4O4. The number of amides is 1. The van der Waals surface area contributed by atoms with E-state index in [1.807, 2.05) is 24.0 Å². The summed E-state index contributed by atoms with van der Waals surface area (Å²) in [6, 6.07) is 10.5. The minimum absolute atomic E-state index is 0.146. The van der Waals surface area contributed by atoms with Gasteiger partial charge in [-0.2, -0.15) is 5.10 Å². The van der Waals surface area contributed by atoms with Crippen molar-refractivity contribution in [1.29, 1.82) is 0 Å². The standard InChI is InChI=1S/C21H21FN4O2.C2H4O2/c1-12-21(27)25-24-20-11-28-19-9-16(13-5-7-14(22)8-6-13)17(10-18(19)26(12)20)23-15-3-2-4-15;1-2(3)4/h5-10,12,15,23H,2-4,11H2,1H3,(H,25,27);1H3,(H,3,4). The first-order chi connectivity index (χ1) is 15.3. The van der Waals surface area contributed by atoms with Gasteiger partial charge in [0.25, 0.3) is 11.9 Å². The van der Waals surface area contributed by atoms with Gasteiger partial charge >= 0.3 is 0 Å². The molecule has 1 aliphatic carbocycles. The molecule has 9 heteroatoms. The fourth-order valence-corrected chi connectivity index (χ4v) is 3.83. The summed E-state index contributed by atoms with van der Waals surface area (Å²) in [4.78, 5) is 23.1. The van der Waals surface area contributed by atoms with Gasteiger partial charge in [-0.05, 0) is 56.0 Å². The second-order valence-corrected chi connectivity index (χ2v) is 8.00. The highest BCUT2D eigenvalue weighted by Crippen LogP contribution is 2.43. The van der Waals surface area contributed by atoms with E-state index in [1.54, 1.807) is 12.1 Å². The number of nitrogens with zero attached hydrogens (tertiary/aromatic N) is 2. The number of halogens is 1. The summed E-state index contributed by atoms with van der Waals surface area (Å²) in [7, 11) is 0. The molecule has 1 atom stereocenters. The first-order valence-electron chi connectivity index (χ1n) is 10.5. The van der Waals surface area contributed by atoms with Crippen molar-refractivity contribution < 1.29 is 23.8 Å². The lowest BCUT2D eigenvalue weighted by Crippen LogP contribution is -2.55. The zero-order valence-electron chi connectivity index (χ0n) is 17.9. The Hall–Kier alpha value is -3.62. The largest absolute Gasteiger partial charge is 0.483 e. The van der Waals surface area contributed by atoms with Gasteiger partial charge < -0.3 is 20.1 Å². The van der Waals surface area contributed by atoms with E-state index in [0.29, 0.717) is 17.6 Å². The number of rotatable bonds is 3. The third kappa shape index (κ3) is 4.37. The van der Waals surface area contributed by atoms with E-state index in [-0.39, 0.29) is 24.4 Å². The summed E-state index contributed by atoms with van der Waals surface area (Å²) in [6.07, 6.45) is 3.48. The van der Waals surface area contributed by atoms with E-state index in [2.05, 4.69) is 15.8 Å². The van der Waals surface area contributed by atoms with Crippen molar-refractivity contribution in [2.24, 2.45) is 5.10 Å². The predicted molar refractivity (Wildman–Crippen MR) is 119 cm³/mol. The van der Waals surface area contributed by atoms with E-state index in [0.717, 1.165) is 42.3 Å². The van der Waals surface area contributed by atoms with Gasteiger partial charge in [0.05, 0.1) is 5.69 Å². The van der Waals surface area contributed by atoms with Crippen LogP contribution in [0.25, 0.3) is 11.1 Å². The number of carbonyl (C=O) groups is 2. The van der Waals surface area contributed by atoms with Crippen LogP contribution >= 0.6 is 0 Å². The molecule has 2 aliphatic heterocycles. The van der Waals surface area contributed by atoms with E-state index >= 15 is 0 Å². The highest BCUT2D eigenvalue weighted by Gasteiger charge is 2.36. The number of carbonyl (C=O) groups excluding carboxylic acids is 1. The summed E-state index contributed by atoms with van der Waals surface area (Å²) < 4.78 is 19.4. The van der Waals surface area contributed by atoms with Gasteiger partial charge in [-0.1, -0.05) is 12.1 Å². The zero-order valence-corrected chi connectivity index (χ0v) is 17.9. The second-order valence-electron chi connectivity index (χ2n) is 8.00. The SMILES string of the molecule is CC(=O)O.CC1C(=O)NN=C2COc3cc(-c4ccc(F)cc4)c(NC4CCC4)cc3N21. The van der Waals surface area contributed by atoms with Crippen LogP contribution in [0.3, 0.4) is 0 Å². The number of carboxylic acids is 1. The Labute approximate surface area is 185 Å². The highest BCUT2D eigenvalue weighted by atomic mass is 19.1. The van der Waals surface area contributed by atoms with Crippen LogP contribution in [0, 0.1) is 5.82 Å². The number of benzene rings is 2. The molecule has 1 unspecified atom stereocenters. The number of aliphatic carboxylic acids is 1. The van der Waals surface area contributed by atoms with Crippen molar-refractivity contribution in [3.05, 3.63) is 42.2 Å². The minimum atomic E-state index is -0.833. The lowest BCUT2D eigenvalue weighted by atomic mass is 9.92. The Morgan fingerprint density at radius 2 is 1.97 bits per heavy atom. The number of hydrogen-bond donors (Lipinski definition) is 3. The molecule has 3 aliphatic rings. The van der Waals surface area contributed by atoms with Crippen molar-refractivity contribution in [3.63, 3.8) is 0 Å². The fourth-order valence-electron chi connectivity index (χ4n) is 3.83. The average Bonchev–Trinajstić information content (AvgIpc) is 2.72. The van der Waals surface area contributed by atoms with Crippen LogP contribution in [0.1, 0.15) is 33.1 Å². The van der Waals surface area contributed by atoms with Crippen molar-refractivity contribution in [2.75, 3.05) is 16.8 Å². The van der Waals surface area contributed by atoms with Crippen LogP contribution in [-0.2, 0) is 9.59 Å². The molecule has 8 nitrogen and oxygen atoms in total. The van der Waals surface area contributed by atoms with Crippen LogP contribution in [-0.4, -0.2) is 41.5 Å². The van der Waals surface area contributed by atoms with Crippen molar-refractivity contribution in [1.82, 2.24) is 5.43 Å². The summed E-state index contributed by atoms with van der Waals surface area (Å²) >= 11 is 0. The Kier molecular flexibility index (Phi) is 5.98. The molecule has 32 heavy (non-hydrogen) atoms. The quantitative estimate of drug-likeness (QED) is 0.674. The van der Waals surface area contributed by atoms with Crippen molar-refractivity contribution >= 4 is 29.1 Å². The van der Waals surface area contributed by atoms with Gasteiger partial charge in [0.15, 0.2) is 5.84 Å². The number of ether oxygens (including phenoxy) is 1. The molecule has 1 fully saturated rings. The fraction of sp³-hybridized carbons (Fsp3) is 0.348. The third-order valence-corrected chi connectivity index (χ3v) is 5.68. The number of anilines is 2. The van der Waals surface area contributed by atoms with Gasteiger partial charge in [-0.15, -0.1) is 0 Å². The first kappa shape index (κ1) is 21.6. The molecule has 5 rings (SSSR count). The molecule has 0 spiro atoms. The molecular weight excluding hydrogens is 415 g/mol. The number of carboxylic acid groups (broad SMARTS) is 1. The monoisotopic (exact) mass is 440 g/mol. The average molecular weight is 440 g/mol. The van der Waals surface area contributed by atoms with Gasteiger partial charge in [0.1, 0.15) is 24.2 Å². The van der Waals surface area contributed by atoms with Gasteiger partial charge in [-0.25, -0.2) is 9.82 Å². The minimum Gasteiger partial charge on any atom is -0.483 e. The van der Waals surface area contributed by atoms with Crippen molar-refractivity contribution in [3.8, 4) is 16.9 Å². The predicted octanol–water partition coefficient (Wildman–Crippen LogP) is 3.58. The molecule has 0 saturated heterocycles. The Morgan fingerprint density at radius 3 is 2.59 bits per heavy atom. The molecule has 1 amide bonds. The Morgan fingerprint density at radius 1 is 1.28 bits per heavy atom. The third-order valence-electron chi connectivity index (χ3n) is 5.68. The molecule has 0 bridgehead atoms. The normalized spacial score (nSPS) is 19.1. The lowest BCUT2D eigenvalue weighted by Gasteiger charge is -2.39. The van der Waals surface area contributed by atoms with Crippen LogP contribution in [0.5, 0.6) is 5.75 Å². The molecule has 1 saturated carbocycles. The van der Waals surface area contributed by atoms with Crippen LogP contribution < -0.4 is 20.4 Å².